The van der Waals surface area contributed by atoms with Crippen LogP contribution in [-0.4, -0.2) is 45.0 Å². The van der Waals surface area contributed by atoms with E-state index in [-0.39, 0.29) is 17.9 Å². The van der Waals surface area contributed by atoms with Crippen LogP contribution in [0.1, 0.15) is 62.5 Å². The molecule has 2 aromatic heterocycles. The molecule has 1 aliphatic carbocycles. The van der Waals surface area contributed by atoms with Gasteiger partial charge in [-0.3, -0.25) is 9.48 Å². The van der Waals surface area contributed by atoms with Crippen molar-refractivity contribution in [2.24, 2.45) is 13.0 Å². The Kier molecular flexibility index (Phi) is 6.10. The standard InChI is InChI=1S/C21H31N5O3/c1-13-16-10-15(12-22-18(16)26(5)25-13)19(27)24-17-9-7-6-8-14(17)11-23-20(28)29-21(2,3)4/h10,12,14,17H,6-9,11H2,1-5H3,(H,23,28)(H,24,27)/t14-,17-/m1/s1. The molecule has 2 amide bonds. The molecule has 0 aliphatic heterocycles. The number of alkyl carbamates (subject to hydrolysis) is 1. The van der Waals surface area contributed by atoms with Crippen LogP contribution in [0.4, 0.5) is 4.79 Å². The molecule has 0 spiro atoms. The molecule has 2 N–H and O–H groups in total. The number of ether oxygens (including phenoxy) is 1. The third kappa shape index (κ3) is 5.25. The molecule has 0 saturated heterocycles. The van der Waals surface area contributed by atoms with Gasteiger partial charge in [0, 0.05) is 31.2 Å². The molecule has 0 unspecified atom stereocenters. The lowest BCUT2D eigenvalue weighted by molar-refractivity contribution is 0.0511. The van der Waals surface area contributed by atoms with Crippen molar-refractivity contribution in [3.63, 3.8) is 0 Å². The van der Waals surface area contributed by atoms with E-state index in [1.807, 2.05) is 40.8 Å². The maximum atomic E-state index is 12.9. The van der Waals surface area contributed by atoms with Crippen molar-refractivity contribution >= 4 is 23.0 Å². The zero-order chi connectivity index (χ0) is 21.2. The summed E-state index contributed by atoms with van der Waals surface area (Å²) in [6, 6.07) is 1.86. The SMILES string of the molecule is Cc1nn(C)c2ncc(C(=O)N[C@@H]3CCCC[C@@H]3CNC(=O)OC(C)(C)C)cc12. The van der Waals surface area contributed by atoms with Crippen LogP contribution < -0.4 is 10.6 Å². The second kappa shape index (κ2) is 8.39. The van der Waals surface area contributed by atoms with Gasteiger partial charge in [0.15, 0.2) is 5.65 Å². The number of fused-ring (bicyclic) bond motifs is 1. The quantitative estimate of drug-likeness (QED) is 0.820. The zero-order valence-electron chi connectivity index (χ0n) is 17.9. The number of aromatic nitrogens is 3. The highest BCUT2D eigenvalue weighted by Gasteiger charge is 2.28. The second-order valence-corrected chi connectivity index (χ2v) is 8.81. The van der Waals surface area contributed by atoms with Gasteiger partial charge >= 0.3 is 6.09 Å². The average Bonchev–Trinajstić information content (AvgIpc) is 2.93. The fourth-order valence-corrected chi connectivity index (χ4v) is 3.85. The summed E-state index contributed by atoms with van der Waals surface area (Å²) in [4.78, 5) is 29.2. The fourth-order valence-electron chi connectivity index (χ4n) is 3.85. The van der Waals surface area contributed by atoms with Gasteiger partial charge in [0.1, 0.15) is 5.60 Å². The van der Waals surface area contributed by atoms with E-state index in [1.54, 1.807) is 10.9 Å². The number of hydrogen-bond acceptors (Lipinski definition) is 5. The number of aryl methyl sites for hydroxylation is 2. The molecule has 0 aromatic carbocycles. The number of nitrogens with one attached hydrogen (secondary N) is 2. The average molecular weight is 402 g/mol. The maximum absolute atomic E-state index is 12.9. The predicted molar refractivity (Wildman–Crippen MR) is 111 cm³/mol. The number of nitrogens with zero attached hydrogens (tertiary/aromatic N) is 3. The molecule has 158 valence electrons. The van der Waals surface area contributed by atoms with Crippen LogP contribution in [0, 0.1) is 12.8 Å². The number of pyridine rings is 1. The second-order valence-electron chi connectivity index (χ2n) is 8.81. The summed E-state index contributed by atoms with van der Waals surface area (Å²) in [5.41, 5.74) is 1.61. The Hall–Kier alpha value is -2.64. The smallest absolute Gasteiger partial charge is 0.407 e. The topological polar surface area (TPSA) is 98.1 Å². The van der Waals surface area contributed by atoms with Crippen molar-refractivity contribution in [2.75, 3.05) is 6.54 Å². The Morgan fingerprint density at radius 3 is 2.72 bits per heavy atom. The third-order valence-electron chi connectivity index (χ3n) is 5.26. The Balaban J connectivity index is 1.64. The van der Waals surface area contributed by atoms with Crippen LogP contribution in [-0.2, 0) is 11.8 Å². The van der Waals surface area contributed by atoms with E-state index < -0.39 is 11.7 Å². The molecule has 8 nitrogen and oxygen atoms in total. The summed E-state index contributed by atoms with van der Waals surface area (Å²) in [6.07, 6.45) is 5.18. The molecule has 29 heavy (non-hydrogen) atoms. The number of carbonyl (C=O) groups is 2. The first-order valence-electron chi connectivity index (χ1n) is 10.2. The minimum atomic E-state index is -0.527. The van der Waals surface area contributed by atoms with Gasteiger partial charge in [0.05, 0.1) is 11.3 Å². The highest BCUT2D eigenvalue weighted by atomic mass is 16.6. The minimum absolute atomic E-state index is 0.0110. The van der Waals surface area contributed by atoms with Crippen molar-refractivity contribution in [3.8, 4) is 0 Å². The van der Waals surface area contributed by atoms with Gasteiger partial charge in [0.25, 0.3) is 5.91 Å². The monoisotopic (exact) mass is 401 g/mol. The van der Waals surface area contributed by atoms with Crippen LogP contribution in [0.2, 0.25) is 0 Å². The first-order chi connectivity index (χ1) is 13.6. The predicted octanol–water partition coefficient (Wildman–Crippen LogP) is 3.09. The lowest BCUT2D eigenvalue weighted by Gasteiger charge is -2.32. The van der Waals surface area contributed by atoms with E-state index >= 15 is 0 Å². The molecule has 0 bridgehead atoms. The van der Waals surface area contributed by atoms with E-state index in [1.165, 1.54) is 0 Å². The van der Waals surface area contributed by atoms with E-state index in [0.717, 1.165) is 42.4 Å². The molecule has 1 saturated carbocycles. The number of rotatable bonds is 4. The van der Waals surface area contributed by atoms with Crippen molar-refractivity contribution < 1.29 is 14.3 Å². The largest absolute Gasteiger partial charge is 0.444 e. The first kappa shape index (κ1) is 21.1. The molecule has 3 rings (SSSR count). The van der Waals surface area contributed by atoms with Gasteiger partial charge in [0.2, 0.25) is 0 Å². The van der Waals surface area contributed by atoms with Crippen molar-refractivity contribution in [3.05, 3.63) is 23.5 Å². The van der Waals surface area contributed by atoms with Crippen LogP contribution >= 0.6 is 0 Å². The van der Waals surface area contributed by atoms with Gasteiger partial charge in [-0.25, -0.2) is 9.78 Å². The minimum Gasteiger partial charge on any atom is -0.444 e. The van der Waals surface area contributed by atoms with Crippen LogP contribution in [0.3, 0.4) is 0 Å². The molecule has 1 aliphatic rings. The Morgan fingerprint density at radius 2 is 2.00 bits per heavy atom. The highest BCUT2D eigenvalue weighted by molar-refractivity contribution is 5.97. The van der Waals surface area contributed by atoms with Crippen molar-refractivity contribution in [2.45, 2.75) is 65.0 Å². The lowest BCUT2D eigenvalue weighted by Crippen LogP contribution is -2.47. The van der Waals surface area contributed by atoms with Gasteiger partial charge in [-0.2, -0.15) is 5.10 Å². The Bertz CT molecular complexity index is 900. The van der Waals surface area contributed by atoms with Crippen LogP contribution in [0.5, 0.6) is 0 Å². The van der Waals surface area contributed by atoms with Crippen LogP contribution in [0.15, 0.2) is 12.3 Å². The lowest BCUT2D eigenvalue weighted by atomic mass is 9.84. The molecular weight excluding hydrogens is 370 g/mol. The normalized spacial score (nSPS) is 19.8. The van der Waals surface area contributed by atoms with E-state index in [9.17, 15) is 9.59 Å². The Labute approximate surface area is 171 Å². The molecular formula is C21H31N5O3. The van der Waals surface area contributed by atoms with Gasteiger partial charge in [-0.15, -0.1) is 0 Å². The van der Waals surface area contributed by atoms with Gasteiger partial charge in [-0.05, 0) is 52.5 Å². The first-order valence-corrected chi connectivity index (χ1v) is 10.2. The molecule has 2 atom stereocenters. The number of amides is 2. The molecule has 1 fully saturated rings. The van der Waals surface area contributed by atoms with Crippen LogP contribution in [0.25, 0.3) is 11.0 Å². The summed E-state index contributed by atoms with van der Waals surface area (Å²) in [5.74, 6) is 0.0360. The fraction of sp³-hybridized carbons (Fsp3) is 0.619. The zero-order valence-corrected chi connectivity index (χ0v) is 17.9. The van der Waals surface area contributed by atoms with Crippen molar-refractivity contribution in [1.82, 2.24) is 25.4 Å². The van der Waals surface area contributed by atoms with Gasteiger partial charge < -0.3 is 15.4 Å². The van der Waals surface area contributed by atoms with E-state index in [0.29, 0.717) is 12.1 Å². The summed E-state index contributed by atoms with van der Waals surface area (Å²) < 4.78 is 7.03. The summed E-state index contributed by atoms with van der Waals surface area (Å²) in [6.45, 7) is 7.91. The molecule has 8 heteroatoms. The van der Waals surface area contributed by atoms with Crippen molar-refractivity contribution in [1.29, 1.82) is 0 Å². The number of hydrogen-bond donors (Lipinski definition) is 2. The van der Waals surface area contributed by atoms with Gasteiger partial charge in [-0.1, -0.05) is 12.8 Å². The summed E-state index contributed by atoms with van der Waals surface area (Å²) in [5, 5.41) is 11.2. The Morgan fingerprint density at radius 1 is 1.28 bits per heavy atom. The number of carbonyl (C=O) groups excluding carboxylic acids is 2. The molecule has 0 radical (unpaired) electrons. The summed E-state index contributed by atoms with van der Waals surface area (Å²) in [7, 11) is 1.84. The highest BCUT2D eigenvalue weighted by Crippen LogP contribution is 2.25. The molecule has 2 heterocycles. The molecule has 2 aromatic rings. The van der Waals surface area contributed by atoms with E-state index in [4.69, 9.17) is 4.74 Å². The third-order valence-corrected chi connectivity index (χ3v) is 5.26. The van der Waals surface area contributed by atoms with E-state index in [2.05, 4.69) is 20.7 Å². The maximum Gasteiger partial charge on any atom is 0.407 e. The summed E-state index contributed by atoms with van der Waals surface area (Å²) >= 11 is 0.